The molecule has 0 aromatic heterocycles. The molecule has 2 amide bonds. The highest BCUT2D eigenvalue weighted by molar-refractivity contribution is 6.43. The summed E-state index contributed by atoms with van der Waals surface area (Å²) in [6, 6.07) is 9.85. The molecule has 1 atom stereocenters. The molecule has 2 rings (SSSR count). The average molecular weight is 426 g/mol. The summed E-state index contributed by atoms with van der Waals surface area (Å²) in [7, 11) is -1.67. The Morgan fingerprint density at radius 3 is 2.34 bits per heavy atom. The predicted octanol–water partition coefficient (Wildman–Crippen LogP) is 0.953. The van der Waals surface area contributed by atoms with E-state index in [4.69, 9.17) is 5.73 Å². The number of hydrogen-bond donors (Lipinski definition) is 5. The molecule has 1 unspecified atom stereocenters. The molecule has 9 heteroatoms. The predicted molar refractivity (Wildman–Crippen MR) is 116 cm³/mol. The van der Waals surface area contributed by atoms with Gasteiger partial charge in [0, 0.05) is 6.54 Å². The molecule has 0 bridgehead atoms. The van der Waals surface area contributed by atoms with E-state index in [-0.39, 0.29) is 18.3 Å². The van der Waals surface area contributed by atoms with Crippen LogP contribution in [-0.4, -0.2) is 48.0 Å². The summed E-state index contributed by atoms with van der Waals surface area (Å²) in [6.07, 6.45) is 5.09. The molecule has 1 aromatic rings. The Hall–Kier alpha value is -1.61. The minimum absolute atomic E-state index is 0. The van der Waals surface area contributed by atoms with Crippen LogP contribution < -0.4 is 16.4 Å². The fourth-order valence-corrected chi connectivity index (χ4v) is 3.78. The van der Waals surface area contributed by atoms with Crippen molar-refractivity contribution in [3.63, 3.8) is 0 Å². The van der Waals surface area contributed by atoms with Crippen LogP contribution in [0.2, 0.25) is 0 Å². The van der Waals surface area contributed by atoms with Crippen molar-refractivity contribution in [1.29, 1.82) is 0 Å². The molecule has 1 aliphatic carbocycles. The van der Waals surface area contributed by atoms with Gasteiger partial charge in [-0.1, -0.05) is 49.6 Å². The van der Waals surface area contributed by atoms with E-state index in [0.29, 0.717) is 45.2 Å². The summed E-state index contributed by atoms with van der Waals surface area (Å²) in [6.45, 7) is 0.969. The molecule has 162 valence electrons. The first-order chi connectivity index (χ1) is 13.5. The molecule has 1 aromatic carbocycles. The minimum atomic E-state index is -1.67. The van der Waals surface area contributed by atoms with Gasteiger partial charge in [-0.2, -0.15) is 0 Å². The molecule has 0 saturated heterocycles. The van der Waals surface area contributed by atoms with E-state index >= 15 is 0 Å². The van der Waals surface area contributed by atoms with Crippen LogP contribution in [0, 0.1) is 5.41 Å². The standard InChI is InChI=1S/C20H32BN3O4.ClH/c22-14-7-4-10-17(21(27)28)24-19(26)20(12-5-6-13-20)18(25)23-15-11-16-8-2-1-3-9-16;/h1-3,8-9,17,27-28H,4-7,10-15,22H2,(H,23,25)(H,24,26);1H. The van der Waals surface area contributed by atoms with Crippen molar-refractivity contribution in [3.05, 3.63) is 35.9 Å². The summed E-state index contributed by atoms with van der Waals surface area (Å²) in [5.74, 6) is -1.48. The van der Waals surface area contributed by atoms with E-state index in [9.17, 15) is 19.6 Å². The molecule has 0 spiro atoms. The second kappa shape index (κ2) is 12.9. The van der Waals surface area contributed by atoms with Crippen LogP contribution in [0.3, 0.4) is 0 Å². The van der Waals surface area contributed by atoms with Gasteiger partial charge >= 0.3 is 7.12 Å². The highest BCUT2D eigenvalue weighted by Crippen LogP contribution is 2.39. The van der Waals surface area contributed by atoms with Gasteiger partial charge in [0.05, 0.1) is 5.94 Å². The Labute approximate surface area is 179 Å². The minimum Gasteiger partial charge on any atom is -0.426 e. The van der Waals surface area contributed by atoms with Gasteiger partial charge in [0.15, 0.2) is 0 Å². The fraction of sp³-hybridized carbons (Fsp3) is 0.600. The monoisotopic (exact) mass is 425 g/mol. The maximum Gasteiger partial charge on any atom is 0.475 e. The number of nitrogens with one attached hydrogen (secondary N) is 2. The molecule has 0 heterocycles. The third kappa shape index (κ3) is 7.30. The van der Waals surface area contributed by atoms with Crippen LogP contribution in [0.5, 0.6) is 0 Å². The normalized spacial score (nSPS) is 15.8. The highest BCUT2D eigenvalue weighted by atomic mass is 35.5. The van der Waals surface area contributed by atoms with Crippen molar-refractivity contribution in [2.24, 2.45) is 11.1 Å². The van der Waals surface area contributed by atoms with E-state index in [1.54, 1.807) is 0 Å². The van der Waals surface area contributed by atoms with Gasteiger partial charge in [-0.25, -0.2) is 0 Å². The summed E-state index contributed by atoms with van der Waals surface area (Å²) < 4.78 is 0. The maximum absolute atomic E-state index is 13.0. The third-order valence-corrected chi connectivity index (χ3v) is 5.51. The SMILES string of the molecule is Cl.NCCCCC(NC(=O)C1(C(=O)NCCc2ccccc2)CCCC1)B(O)O. The number of carbonyl (C=O) groups is 2. The van der Waals surface area contributed by atoms with Crippen LogP contribution in [0.1, 0.15) is 50.5 Å². The highest BCUT2D eigenvalue weighted by Gasteiger charge is 2.48. The van der Waals surface area contributed by atoms with Gasteiger partial charge in [0.1, 0.15) is 5.41 Å². The zero-order chi connectivity index (χ0) is 20.4. The van der Waals surface area contributed by atoms with Gasteiger partial charge in [0.25, 0.3) is 0 Å². The van der Waals surface area contributed by atoms with Crippen LogP contribution in [-0.2, 0) is 16.0 Å². The van der Waals surface area contributed by atoms with Crippen molar-refractivity contribution >= 4 is 31.3 Å². The second-order valence-electron chi connectivity index (χ2n) is 7.56. The van der Waals surface area contributed by atoms with E-state index in [0.717, 1.165) is 24.8 Å². The van der Waals surface area contributed by atoms with Crippen molar-refractivity contribution in [3.8, 4) is 0 Å². The lowest BCUT2D eigenvalue weighted by atomic mass is 9.75. The zero-order valence-electron chi connectivity index (χ0n) is 16.8. The Kier molecular flexibility index (Phi) is 11.3. The zero-order valence-corrected chi connectivity index (χ0v) is 17.6. The van der Waals surface area contributed by atoms with Crippen LogP contribution in [0.25, 0.3) is 0 Å². The van der Waals surface area contributed by atoms with Gasteiger partial charge in [-0.15, -0.1) is 12.4 Å². The third-order valence-electron chi connectivity index (χ3n) is 5.51. The van der Waals surface area contributed by atoms with E-state index < -0.39 is 24.4 Å². The first kappa shape index (κ1) is 25.4. The number of amides is 2. The molecule has 1 aliphatic rings. The van der Waals surface area contributed by atoms with Crippen molar-refractivity contribution in [1.82, 2.24) is 10.6 Å². The first-order valence-corrected chi connectivity index (χ1v) is 10.2. The Morgan fingerprint density at radius 1 is 1.10 bits per heavy atom. The van der Waals surface area contributed by atoms with Crippen LogP contribution in [0.4, 0.5) is 0 Å². The number of nitrogens with two attached hydrogens (primary N) is 1. The number of hydrogen-bond acceptors (Lipinski definition) is 5. The van der Waals surface area contributed by atoms with Gasteiger partial charge in [0.2, 0.25) is 11.8 Å². The number of carbonyl (C=O) groups excluding carboxylic acids is 2. The van der Waals surface area contributed by atoms with E-state index in [2.05, 4.69) is 10.6 Å². The second-order valence-corrected chi connectivity index (χ2v) is 7.56. The molecule has 7 nitrogen and oxygen atoms in total. The summed E-state index contributed by atoms with van der Waals surface area (Å²) in [5, 5.41) is 24.8. The number of halogens is 1. The van der Waals surface area contributed by atoms with Gasteiger partial charge in [-0.3, -0.25) is 9.59 Å². The Morgan fingerprint density at radius 2 is 1.76 bits per heavy atom. The average Bonchev–Trinajstić information content (AvgIpc) is 3.19. The number of benzene rings is 1. The lowest BCUT2D eigenvalue weighted by molar-refractivity contribution is -0.143. The largest absolute Gasteiger partial charge is 0.475 e. The molecular weight excluding hydrogens is 393 g/mol. The van der Waals surface area contributed by atoms with Crippen molar-refractivity contribution < 1.29 is 19.6 Å². The summed E-state index contributed by atoms with van der Waals surface area (Å²) >= 11 is 0. The fourth-order valence-electron chi connectivity index (χ4n) is 3.78. The van der Waals surface area contributed by atoms with Crippen LogP contribution in [0.15, 0.2) is 30.3 Å². The molecule has 0 radical (unpaired) electrons. The smallest absolute Gasteiger partial charge is 0.426 e. The van der Waals surface area contributed by atoms with Gasteiger partial charge < -0.3 is 26.4 Å². The van der Waals surface area contributed by atoms with Crippen molar-refractivity contribution in [2.45, 2.75) is 57.3 Å². The summed E-state index contributed by atoms with van der Waals surface area (Å²) in [4.78, 5) is 25.9. The molecule has 29 heavy (non-hydrogen) atoms. The lowest BCUT2D eigenvalue weighted by Gasteiger charge is -2.29. The maximum atomic E-state index is 13.0. The number of unbranched alkanes of at least 4 members (excludes halogenated alkanes) is 1. The lowest BCUT2D eigenvalue weighted by Crippen LogP contribution is -2.55. The Balaban J connectivity index is 0.00000420. The Bertz CT molecular complexity index is 627. The molecule has 1 saturated carbocycles. The quantitative estimate of drug-likeness (QED) is 0.205. The van der Waals surface area contributed by atoms with E-state index in [1.807, 2.05) is 30.3 Å². The summed E-state index contributed by atoms with van der Waals surface area (Å²) in [5.41, 5.74) is 5.47. The molecule has 6 N–H and O–H groups in total. The topological polar surface area (TPSA) is 125 Å². The van der Waals surface area contributed by atoms with Crippen LogP contribution >= 0.6 is 12.4 Å². The van der Waals surface area contributed by atoms with E-state index in [1.165, 1.54) is 0 Å². The molecule has 0 aliphatic heterocycles. The molecular formula is C20H33BClN3O4. The molecule has 1 fully saturated rings. The number of rotatable bonds is 11. The van der Waals surface area contributed by atoms with Crippen molar-refractivity contribution in [2.75, 3.05) is 13.1 Å². The first-order valence-electron chi connectivity index (χ1n) is 10.2. The van der Waals surface area contributed by atoms with Gasteiger partial charge in [-0.05, 0) is 44.2 Å².